The molecule has 0 amide bonds. The first-order chi connectivity index (χ1) is 8.70. The van der Waals surface area contributed by atoms with Crippen LogP contribution in [0.15, 0.2) is 30.5 Å². The van der Waals surface area contributed by atoms with Gasteiger partial charge in [-0.2, -0.15) is 11.8 Å². The zero-order chi connectivity index (χ0) is 13.0. The molecule has 0 saturated carbocycles. The van der Waals surface area contributed by atoms with Gasteiger partial charge >= 0.3 is 0 Å². The van der Waals surface area contributed by atoms with E-state index in [2.05, 4.69) is 11.9 Å². The van der Waals surface area contributed by atoms with Gasteiger partial charge in [0.2, 0.25) is 0 Å². The van der Waals surface area contributed by atoms with Gasteiger partial charge < -0.3 is 5.11 Å². The summed E-state index contributed by atoms with van der Waals surface area (Å²) in [5.41, 5.74) is 1.78. The summed E-state index contributed by atoms with van der Waals surface area (Å²) in [6.07, 6.45) is 2.48. The van der Waals surface area contributed by atoms with Gasteiger partial charge in [0.05, 0.1) is 5.52 Å². The van der Waals surface area contributed by atoms with Crippen LogP contribution in [0.5, 0.6) is 0 Å². The number of fused-ring (bicyclic) bond motifs is 1. The van der Waals surface area contributed by atoms with Crippen molar-refractivity contribution in [1.82, 2.24) is 4.98 Å². The first-order valence-corrected chi connectivity index (χ1v) is 7.01. The van der Waals surface area contributed by atoms with Gasteiger partial charge in [-0.1, -0.05) is 13.0 Å². The molecule has 2 aromatic rings. The molecule has 0 aliphatic rings. The maximum atomic E-state index is 13.5. The monoisotopic (exact) mass is 265 g/mol. The molecule has 1 heterocycles. The number of rotatable bonds is 5. The average molecular weight is 265 g/mol. The van der Waals surface area contributed by atoms with Crippen molar-refractivity contribution in [3.05, 3.63) is 41.8 Å². The molecule has 96 valence electrons. The highest BCUT2D eigenvalue weighted by Crippen LogP contribution is 2.25. The van der Waals surface area contributed by atoms with E-state index in [4.69, 9.17) is 5.11 Å². The van der Waals surface area contributed by atoms with Crippen molar-refractivity contribution >= 4 is 22.7 Å². The normalized spacial score (nSPS) is 12.8. The van der Waals surface area contributed by atoms with Gasteiger partial charge in [-0.25, -0.2) is 4.39 Å². The summed E-state index contributed by atoms with van der Waals surface area (Å²) in [5.74, 6) is 0.493. The molecule has 2 rings (SSSR count). The van der Waals surface area contributed by atoms with Crippen LogP contribution >= 0.6 is 11.8 Å². The Morgan fingerprint density at radius 2 is 2.28 bits per heavy atom. The Morgan fingerprint density at radius 3 is 3.06 bits per heavy atom. The van der Waals surface area contributed by atoms with E-state index in [0.717, 1.165) is 22.9 Å². The molecule has 0 aliphatic carbocycles. The highest BCUT2D eigenvalue weighted by molar-refractivity contribution is 7.99. The fraction of sp³-hybridized carbons (Fsp3) is 0.357. The molecule has 0 saturated heterocycles. The lowest BCUT2D eigenvalue weighted by Crippen LogP contribution is -2.00. The Hall–Kier alpha value is -1.13. The number of benzene rings is 1. The van der Waals surface area contributed by atoms with Crippen LogP contribution in [0, 0.1) is 5.82 Å². The largest absolute Gasteiger partial charge is 0.396 e. The zero-order valence-electron chi connectivity index (χ0n) is 10.3. The number of halogens is 1. The van der Waals surface area contributed by atoms with Crippen LogP contribution in [0.4, 0.5) is 4.39 Å². The third-order valence-corrected chi connectivity index (χ3v) is 4.09. The molecule has 4 heteroatoms. The zero-order valence-corrected chi connectivity index (χ0v) is 11.1. The number of nitrogens with zero attached hydrogens (tertiary/aromatic N) is 1. The van der Waals surface area contributed by atoms with E-state index in [1.807, 2.05) is 12.1 Å². The number of aliphatic hydroxyl groups excluding tert-OH is 1. The van der Waals surface area contributed by atoms with Crippen LogP contribution in [0.1, 0.15) is 18.9 Å². The van der Waals surface area contributed by atoms with Crippen LogP contribution in [-0.4, -0.2) is 21.9 Å². The maximum absolute atomic E-state index is 13.5. The lowest BCUT2D eigenvalue weighted by Gasteiger charge is -2.11. The topological polar surface area (TPSA) is 33.1 Å². The molecule has 18 heavy (non-hydrogen) atoms. The van der Waals surface area contributed by atoms with E-state index in [0.29, 0.717) is 11.0 Å². The highest BCUT2D eigenvalue weighted by atomic mass is 32.2. The molecule has 0 aliphatic heterocycles. The SMILES string of the molecule is CC(CCO)SCc1cc(F)cc2cccnc12. The molecule has 1 aromatic heterocycles. The van der Waals surface area contributed by atoms with E-state index in [1.165, 1.54) is 6.07 Å². The number of pyridine rings is 1. The number of hydrogen-bond acceptors (Lipinski definition) is 3. The molecule has 0 bridgehead atoms. The van der Waals surface area contributed by atoms with Gasteiger partial charge in [-0.3, -0.25) is 4.98 Å². The van der Waals surface area contributed by atoms with Gasteiger partial charge in [0.15, 0.2) is 0 Å². The van der Waals surface area contributed by atoms with Crippen LogP contribution in [0.25, 0.3) is 10.9 Å². The summed E-state index contributed by atoms with van der Waals surface area (Å²) in [5, 5.41) is 10.1. The average Bonchev–Trinajstić information content (AvgIpc) is 2.36. The Morgan fingerprint density at radius 1 is 1.44 bits per heavy atom. The summed E-state index contributed by atoms with van der Waals surface area (Å²) in [7, 11) is 0. The number of aliphatic hydroxyl groups is 1. The number of thioether (sulfide) groups is 1. The minimum absolute atomic E-state index is 0.191. The molecule has 1 aromatic carbocycles. The van der Waals surface area contributed by atoms with Crippen molar-refractivity contribution in [2.24, 2.45) is 0 Å². The molecule has 1 N–H and O–H groups in total. The van der Waals surface area contributed by atoms with Crippen LogP contribution in [0.3, 0.4) is 0 Å². The third-order valence-electron chi connectivity index (χ3n) is 2.81. The molecule has 1 atom stereocenters. The van der Waals surface area contributed by atoms with E-state index >= 15 is 0 Å². The van der Waals surface area contributed by atoms with Gasteiger partial charge in [0.1, 0.15) is 5.82 Å². The lowest BCUT2D eigenvalue weighted by molar-refractivity contribution is 0.289. The molecular weight excluding hydrogens is 249 g/mol. The van der Waals surface area contributed by atoms with E-state index < -0.39 is 0 Å². The Kier molecular flexibility index (Phi) is 4.55. The third kappa shape index (κ3) is 3.21. The van der Waals surface area contributed by atoms with Crippen molar-refractivity contribution in [2.75, 3.05) is 6.61 Å². The number of hydrogen-bond donors (Lipinski definition) is 1. The van der Waals surface area contributed by atoms with Crippen LogP contribution in [0.2, 0.25) is 0 Å². The predicted molar refractivity (Wildman–Crippen MR) is 74.2 cm³/mol. The smallest absolute Gasteiger partial charge is 0.124 e. The fourth-order valence-corrected chi connectivity index (χ4v) is 2.79. The summed E-state index contributed by atoms with van der Waals surface area (Å²) >= 11 is 1.71. The van der Waals surface area contributed by atoms with Gasteiger partial charge in [-0.15, -0.1) is 0 Å². The Bertz CT molecular complexity index is 532. The highest BCUT2D eigenvalue weighted by Gasteiger charge is 2.08. The summed E-state index contributed by atoms with van der Waals surface area (Å²) in [6, 6.07) is 6.74. The number of aromatic nitrogens is 1. The van der Waals surface area contributed by atoms with Crippen molar-refractivity contribution in [3.63, 3.8) is 0 Å². The summed E-state index contributed by atoms with van der Waals surface area (Å²) < 4.78 is 13.5. The first kappa shape index (κ1) is 13.3. The minimum Gasteiger partial charge on any atom is -0.396 e. The van der Waals surface area contributed by atoms with Gasteiger partial charge in [0.25, 0.3) is 0 Å². The van der Waals surface area contributed by atoms with Gasteiger partial charge in [0, 0.05) is 29.2 Å². The molecule has 1 unspecified atom stereocenters. The van der Waals surface area contributed by atoms with Crippen LogP contribution in [-0.2, 0) is 5.75 Å². The van der Waals surface area contributed by atoms with Crippen molar-refractivity contribution in [3.8, 4) is 0 Å². The molecular formula is C14H16FNOS. The summed E-state index contributed by atoms with van der Waals surface area (Å²) in [4.78, 5) is 4.32. The quantitative estimate of drug-likeness (QED) is 0.899. The van der Waals surface area contributed by atoms with Gasteiger partial charge in [-0.05, 0) is 30.2 Å². The Labute approximate surface area is 110 Å². The predicted octanol–water partition coefficient (Wildman–Crippen LogP) is 3.38. The van der Waals surface area contributed by atoms with Crippen molar-refractivity contribution in [2.45, 2.75) is 24.3 Å². The Balaban J connectivity index is 2.21. The molecule has 0 radical (unpaired) electrons. The molecule has 2 nitrogen and oxygen atoms in total. The van der Waals surface area contributed by atoms with Crippen molar-refractivity contribution < 1.29 is 9.50 Å². The van der Waals surface area contributed by atoms with E-state index in [9.17, 15) is 4.39 Å². The van der Waals surface area contributed by atoms with E-state index in [1.54, 1.807) is 24.0 Å². The summed E-state index contributed by atoms with van der Waals surface area (Å²) in [6.45, 7) is 2.26. The standard InChI is InChI=1S/C14H16FNOS/c1-10(4-6-17)18-9-12-8-13(15)7-11-3-2-5-16-14(11)12/h2-3,5,7-8,10,17H,4,6,9H2,1H3. The second-order valence-electron chi connectivity index (χ2n) is 4.27. The van der Waals surface area contributed by atoms with Crippen LogP contribution < -0.4 is 0 Å². The minimum atomic E-state index is -0.221. The van der Waals surface area contributed by atoms with E-state index in [-0.39, 0.29) is 12.4 Å². The first-order valence-electron chi connectivity index (χ1n) is 5.96. The maximum Gasteiger partial charge on any atom is 0.124 e. The molecule has 0 spiro atoms. The second kappa shape index (κ2) is 6.16. The lowest BCUT2D eigenvalue weighted by atomic mass is 10.1. The second-order valence-corrected chi connectivity index (χ2v) is 5.70. The van der Waals surface area contributed by atoms with Crippen molar-refractivity contribution in [1.29, 1.82) is 0 Å². The molecule has 0 fully saturated rings. The fourth-order valence-electron chi connectivity index (χ4n) is 1.83.